The van der Waals surface area contributed by atoms with Crippen molar-refractivity contribution in [3.05, 3.63) is 188 Å². The Hall–Kier alpha value is -6.88. The van der Waals surface area contributed by atoms with Gasteiger partial charge < -0.3 is 4.57 Å². The standard InChI is InChI=1S/C50H31N3S/c1-4-14-33(15-5-1)42-31-43(34-16-6-2-7-17-34)52-50(51-42)35-26-24-32(25-27-35)36-28-29-44-41(30-36)46-38-20-10-11-21-39(38)47-40-22-12-13-23-45(40)54-49(47)48(46)53(44)37-18-8-3-9-19-37/h1-31H. The maximum atomic E-state index is 5.07. The Bertz CT molecular complexity index is 3120. The normalized spacial score (nSPS) is 11.7. The average molecular weight is 706 g/mol. The van der Waals surface area contributed by atoms with Crippen molar-refractivity contribution in [2.45, 2.75) is 0 Å². The summed E-state index contributed by atoms with van der Waals surface area (Å²) in [4.78, 5) is 10.1. The molecule has 11 rings (SSSR count). The minimum atomic E-state index is 0.710. The molecule has 8 aromatic carbocycles. The minimum absolute atomic E-state index is 0.710. The van der Waals surface area contributed by atoms with Crippen molar-refractivity contribution < 1.29 is 0 Å². The second kappa shape index (κ2) is 12.4. The largest absolute Gasteiger partial charge is 0.308 e. The van der Waals surface area contributed by atoms with Crippen LogP contribution in [0.1, 0.15) is 0 Å². The summed E-state index contributed by atoms with van der Waals surface area (Å²) in [5, 5.41) is 7.77. The highest BCUT2D eigenvalue weighted by Crippen LogP contribution is 2.48. The van der Waals surface area contributed by atoms with Crippen molar-refractivity contribution in [1.82, 2.24) is 14.5 Å². The fourth-order valence-electron chi connectivity index (χ4n) is 8.10. The van der Waals surface area contributed by atoms with E-state index in [-0.39, 0.29) is 0 Å². The van der Waals surface area contributed by atoms with Crippen molar-refractivity contribution in [1.29, 1.82) is 0 Å². The van der Waals surface area contributed by atoms with Gasteiger partial charge >= 0.3 is 0 Å². The van der Waals surface area contributed by atoms with Gasteiger partial charge in [0.25, 0.3) is 0 Å². The average Bonchev–Trinajstić information content (AvgIpc) is 3.81. The van der Waals surface area contributed by atoms with Crippen LogP contribution in [-0.2, 0) is 0 Å². The Balaban J connectivity index is 1.11. The number of rotatable bonds is 5. The molecule has 0 unspecified atom stereocenters. The number of fused-ring (bicyclic) bond motifs is 10. The summed E-state index contributed by atoms with van der Waals surface area (Å²) in [6, 6.07) is 67.0. The topological polar surface area (TPSA) is 30.7 Å². The number of thiophene rings is 1. The summed E-state index contributed by atoms with van der Waals surface area (Å²) in [6.45, 7) is 0. The van der Waals surface area contributed by atoms with Gasteiger partial charge in [-0.3, -0.25) is 0 Å². The molecule has 0 saturated carbocycles. The first kappa shape index (κ1) is 30.7. The van der Waals surface area contributed by atoms with Crippen LogP contribution in [0.4, 0.5) is 0 Å². The Morgan fingerprint density at radius 1 is 0.389 bits per heavy atom. The molecule has 54 heavy (non-hydrogen) atoms. The molecule has 0 bridgehead atoms. The lowest BCUT2D eigenvalue weighted by atomic mass is 9.97. The number of hydrogen-bond donors (Lipinski definition) is 0. The lowest BCUT2D eigenvalue weighted by Gasteiger charge is -2.10. The van der Waals surface area contributed by atoms with Gasteiger partial charge in [-0.1, -0.05) is 152 Å². The first-order valence-electron chi connectivity index (χ1n) is 18.2. The first-order chi connectivity index (χ1) is 26.8. The Labute approximate surface area is 316 Å². The highest BCUT2D eigenvalue weighted by molar-refractivity contribution is 7.27. The molecule has 3 aromatic heterocycles. The molecule has 0 fully saturated rings. The molecule has 11 aromatic rings. The molecule has 0 amide bonds. The van der Waals surface area contributed by atoms with Crippen LogP contribution in [0.2, 0.25) is 0 Å². The summed E-state index contributed by atoms with van der Waals surface area (Å²) in [5.74, 6) is 0.710. The monoisotopic (exact) mass is 705 g/mol. The second-order valence-electron chi connectivity index (χ2n) is 13.7. The highest BCUT2D eigenvalue weighted by atomic mass is 32.1. The number of benzene rings is 8. The van der Waals surface area contributed by atoms with E-state index in [1.165, 1.54) is 58.3 Å². The summed E-state index contributed by atoms with van der Waals surface area (Å²) in [7, 11) is 0. The SMILES string of the molecule is c1ccc(-c2cc(-c3ccccc3)nc(-c3ccc(-c4ccc5c(c4)c4c6ccccc6c6c7ccccc7sc6c4n5-c4ccccc4)cc3)n2)cc1. The second-order valence-corrected chi connectivity index (χ2v) is 14.8. The molecule has 4 heteroatoms. The van der Waals surface area contributed by atoms with Crippen LogP contribution >= 0.6 is 11.3 Å². The zero-order valence-corrected chi connectivity index (χ0v) is 30.0. The van der Waals surface area contributed by atoms with Crippen LogP contribution in [0.5, 0.6) is 0 Å². The van der Waals surface area contributed by atoms with Gasteiger partial charge in [0, 0.05) is 48.6 Å². The van der Waals surface area contributed by atoms with Crippen molar-refractivity contribution in [3.63, 3.8) is 0 Å². The molecule has 0 radical (unpaired) electrons. The molecule has 0 aliphatic carbocycles. The van der Waals surface area contributed by atoms with E-state index in [4.69, 9.17) is 9.97 Å². The van der Waals surface area contributed by atoms with Gasteiger partial charge in [0.05, 0.1) is 27.1 Å². The summed E-state index contributed by atoms with van der Waals surface area (Å²) in [6.07, 6.45) is 0. The fourth-order valence-corrected chi connectivity index (χ4v) is 9.36. The fraction of sp³-hybridized carbons (Fsp3) is 0. The molecule has 252 valence electrons. The Kier molecular flexibility index (Phi) is 7.04. The molecular formula is C50H31N3S. The minimum Gasteiger partial charge on any atom is -0.308 e. The Morgan fingerprint density at radius 3 is 1.59 bits per heavy atom. The maximum absolute atomic E-state index is 5.07. The highest BCUT2D eigenvalue weighted by Gasteiger charge is 2.22. The summed E-state index contributed by atoms with van der Waals surface area (Å²) >= 11 is 1.90. The van der Waals surface area contributed by atoms with E-state index in [9.17, 15) is 0 Å². The van der Waals surface area contributed by atoms with Gasteiger partial charge in [-0.25, -0.2) is 9.97 Å². The molecule has 0 saturated heterocycles. The zero-order valence-electron chi connectivity index (χ0n) is 29.1. The third-order valence-electron chi connectivity index (χ3n) is 10.6. The van der Waals surface area contributed by atoms with Gasteiger partial charge in [-0.2, -0.15) is 0 Å². The third kappa shape index (κ3) is 4.88. The lowest BCUT2D eigenvalue weighted by molar-refractivity contribution is 1.18. The lowest BCUT2D eigenvalue weighted by Crippen LogP contribution is -1.96. The quantitative estimate of drug-likeness (QED) is 0.178. The molecule has 0 aliphatic heterocycles. The molecular weight excluding hydrogens is 675 g/mol. The zero-order chi connectivity index (χ0) is 35.6. The van der Waals surface area contributed by atoms with E-state index in [2.05, 4.69) is 180 Å². The predicted molar refractivity (Wildman–Crippen MR) is 229 cm³/mol. The Morgan fingerprint density at radius 2 is 0.926 bits per heavy atom. The van der Waals surface area contributed by atoms with Crippen molar-refractivity contribution >= 4 is 64.1 Å². The molecule has 0 atom stereocenters. The van der Waals surface area contributed by atoms with Gasteiger partial charge in [-0.05, 0) is 58.3 Å². The van der Waals surface area contributed by atoms with Gasteiger partial charge in [0.15, 0.2) is 5.82 Å². The third-order valence-corrected chi connectivity index (χ3v) is 11.8. The van der Waals surface area contributed by atoms with E-state index < -0.39 is 0 Å². The number of para-hydroxylation sites is 1. The predicted octanol–water partition coefficient (Wildman–Crippen LogP) is 13.8. The molecule has 0 spiro atoms. The van der Waals surface area contributed by atoms with Crippen LogP contribution in [0.15, 0.2) is 188 Å². The summed E-state index contributed by atoms with van der Waals surface area (Å²) < 4.78 is 5.11. The van der Waals surface area contributed by atoms with Crippen molar-refractivity contribution in [2.75, 3.05) is 0 Å². The number of aromatic nitrogens is 3. The van der Waals surface area contributed by atoms with E-state index in [1.54, 1.807) is 0 Å². The van der Waals surface area contributed by atoms with Crippen LogP contribution < -0.4 is 0 Å². The van der Waals surface area contributed by atoms with Gasteiger partial charge in [0.2, 0.25) is 0 Å². The molecule has 3 nitrogen and oxygen atoms in total. The van der Waals surface area contributed by atoms with Gasteiger partial charge in [-0.15, -0.1) is 11.3 Å². The molecule has 0 aliphatic rings. The van der Waals surface area contributed by atoms with Gasteiger partial charge in [0.1, 0.15) is 0 Å². The van der Waals surface area contributed by atoms with E-state index >= 15 is 0 Å². The van der Waals surface area contributed by atoms with E-state index in [1.807, 2.05) is 23.5 Å². The smallest absolute Gasteiger partial charge is 0.160 e. The van der Waals surface area contributed by atoms with Crippen molar-refractivity contribution in [3.8, 4) is 50.7 Å². The molecule has 0 N–H and O–H groups in total. The van der Waals surface area contributed by atoms with Crippen LogP contribution in [0.3, 0.4) is 0 Å². The summed E-state index contributed by atoms with van der Waals surface area (Å²) in [5.41, 5.74) is 10.9. The van der Waals surface area contributed by atoms with E-state index in [0.29, 0.717) is 5.82 Å². The number of hydrogen-bond acceptors (Lipinski definition) is 3. The van der Waals surface area contributed by atoms with Crippen LogP contribution in [-0.4, -0.2) is 14.5 Å². The van der Waals surface area contributed by atoms with E-state index in [0.717, 1.165) is 39.3 Å². The van der Waals surface area contributed by atoms with Crippen LogP contribution in [0, 0.1) is 0 Å². The van der Waals surface area contributed by atoms with Crippen molar-refractivity contribution in [2.24, 2.45) is 0 Å². The number of nitrogens with zero attached hydrogens (tertiary/aromatic N) is 3. The van der Waals surface area contributed by atoms with Crippen LogP contribution in [0.25, 0.3) is 103 Å². The maximum Gasteiger partial charge on any atom is 0.160 e. The first-order valence-corrected chi connectivity index (χ1v) is 19.1. The molecule has 3 heterocycles.